The summed E-state index contributed by atoms with van der Waals surface area (Å²) in [4.78, 5) is 29.4. The predicted molar refractivity (Wildman–Crippen MR) is 99.6 cm³/mol. The van der Waals surface area contributed by atoms with Gasteiger partial charge in [-0.15, -0.1) is 11.3 Å². The molecule has 7 heteroatoms. The van der Waals surface area contributed by atoms with Crippen molar-refractivity contribution in [2.75, 3.05) is 31.1 Å². The molecule has 132 valence electrons. The smallest absolute Gasteiger partial charge is 0.292 e. The molecule has 0 bridgehead atoms. The van der Waals surface area contributed by atoms with Crippen LogP contribution >= 0.6 is 11.3 Å². The topological polar surface area (TPSA) is 66.7 Å². The van der Waals surface area contributed by atoms with E-state index in [0.717, 1.165) is 11.3 Å². The van der Waals surface area contributed by atoms with Crippen molar-refractivity contribution in [1.29, 1.82) is 0 Å². The number of amides is 1. The third-order valence-corrected chi connectivity index (χ3v) is 5.91. The molecule has 1 aliphatic rings. The van der Waals surface area contributed by atoms with Gasteiger partial charge in [0.25, 0.3) is 11.6 Å². The molecule has 1 saturated heterocycles. The van der Waals surface area contributed by atoms with Gasteiger partial charge >= 0.3 is 0 Å². The zero-order valence-electron chi connectivity index (χ0n) is 14.4. The van der Waals surface area contributed by atoms with Crippen LogP contribution in [0, 0.1) is 17.0 Å². The molecule has 1 aromatic heterocycles. The van der Waals surface area contributed by atoms with E-state index in [2.05, 4.69) is 6.92 Å². The maximum absolute atomic E-state index is 12.7. The van der Waals surface area contributed by atoms with E-state index in [1.165, 1.54) is 16.5 Å². The summed E-state index contributed by atoms with van der Waals surface area (Å²) in [5.41, 5.74) is 1.91. The number of nitro groups is 1. The Kier molecular flexibility index (Phi) is 5.03. The SMILES string of the molecule is CCc1sc(C(=O)N2CCN(c3ccccc3[N+](=O)[O-])CC2)cc1C. The molecule has 0 unspecified atom stereocenters. The van der Waals surface area contributed by atoms with Crippen LogP contribution in [0.5, 0.6) is 0 Å². The summed E-state index contributed by atoms with van der Waals surface area (Å²) in [5, 5.41) is 11.2. The largest absolute Gasteiger partial charge is 0.362 e. The number of thiophene rings is 1. The van der Waals surface area contributed by atoms with Crippen molar-refractivity contribution in [2.45, 2.75) is 20.3 Å². The lowest BCUT2D eigenvalue weighted by molar-refractivity contribution is -0.384. The Hall–Kier alpha value is -2.41. The summed E-state index contributed by atoms with van der Waals surface area (Å²) >= 11 is 1.57. The summed E-state index contributed by atoms with van der Waals surface area (Å²) in [6.45, 7) is 6.48. The monoisotopic (exact) mass is 359 g/mol. The van der Waals surface area contributed by atoms with Crippen molar-refractivity contribution in [2.24, 2.45) is 0 Å². The van der Waals surface area contributed by atoms with Gasteiger partial charge in [-0.05, 0) is 31.0 Å². The minimum Gasteiger partial charge on any atom is -0.362 e. The molecule has 0 aliphatic carbocycles. The molecule has 1 fully saturated rings. The average molecular weight is 359 g/mol. The van der Waals surface area contributed by atoms with Gasteiger partial charge in [-0.2, -0.15) is 0 Å². The fourth-order valence-electron chi connectivity index (χ4n) is 3.17. The van der Waals surface area contributed by atoms with Crippen molar-refractivity contribution in [1.82, 2.24) is 4.90 Å². The summed E-state index contributed by atoms with van der Waals surface area (Å²) in [6, 6.07) is 8.74. The van der Waals surface area contributed by atoms with Crippen LogP contribution in [0.2, 0.25) is 0 Å². The van der Waals surface area contributed by atoms with Gasteiger partial charge < -0.3 is 9.80 Å². The Morgan fingerprint density at radius 3 is 2.52 bits per heavy atom. The van der Waals surface area contributed by atoms with E-state index < -0.39 is 0 Å². The van der Waals surface area contributed by atoms with E-state index in [-0.39, 0.29) is 16.5 Å². The first-order valence-corrected chi connectivity index (χ1v) is 9.20. The Morgan fingerprint density at radius 1 is 1.24 bits per heavy atom. The first-order chi connectivity index (χ1) is 12.0. The fourth-order valence-corrected chi connectivity index (χ4v) is 4.25. The van der Waals surface area contributed by atoms with E-state index in [4.69, 9.17) is 0 Å². The molecular formula is C18H21N3O3S. The molecule has 1 amide bonds. The number of anilines is 1. The number of aryl methyl sites for hydroxylation is 2. The molecule has 2 heterocycles. The molecule has 2 aromatic rings. The number of nitrogens with zero attached hydrogens (tertiary/aromatic N) is 3. The molecule has 0 N–H and O–H groups in total. The van der Waals surface area contributed by atoms with Crippen LogP contribution < -0.4 is 4.90 Å². The second-order valence-electron chi connectivity index (χ2n) is 6.10. The predicted octanol–water partition coefficient (Wildman–Crippen LogP) is 3.49. The third-order valence-electron chi connectivity index (χ3n) is 4.54. The molecule has 0 saturated carbocycles. The highest BCUT2D eigenvalue weighted by molar-refractivity contribution is 7.14. The summed E-state index contributed by atoms with van der Waals surface area (Å²) in [6.07, 6.45) is 0.940. The minimum absolute atomic E-state index is 0.0648. The number of hydrogen-bond acceptors (Lipinski definition) is 5. The maximum atomic E-state index is 12.7. The van der Waals surface area contributed by atoms with Gasteiger partial charge in [0, 0.05) is 37.1 Å². The standard InChI is InChI=1S/C18H21N3O3S/c1-3-16-13(2)12-17(25-16)18(22)20-10-8-19(9-11-20)14-6-4-5-7-15(14)21(23)24/h4-7,12H,3,8-11H2,1-2H3. The second-order valence-corrected chi connectivity index (χ2v) is 7.23. The second kappa shape index (κ2) is 7.23. The number of nitro benzene ring substituents is 1. The van der Waals surface area contributed by atoms with E-state index in [0.29, 0.717) is 31.9 Å². The van der Waals surface area contributed by atoms with Crippen LogP contribution in [0.4, 0.5) is 11.4 Å². The van der Waals surface area contributed by atoms with Crippen molar-refractivity contribution < 1.29 is 9.72 Å². The molecule has 25 heavy (non-hydrogen) atoms. The lowest BCUT2D eigenvalue weighted by atomic mass is 10.2. The number of benzene rings is 1. The van der Waals surface area contributed by atoms with Gasteiger partial charge in [0.2, 0.25) is 0 Å². The highest BCUT2D eigenvalue weighted by atomic mass is 32.1. The van der Waals surface area contributed by atoms with Crippen LogP contribution in [0.1, 0.15) is 27.0 Å². The van der Waals surface area contributed by atoms with Crippen LogP contribution in [0.3, 0.4) is 0 Å². The average Bonchev–Trinajstić information content (AvgIpc) is 3.02. The first kappa shape index (κ1) is 17.4. The van der Waals surface area contributed by atoms with E-state index in [9.17, 15) is 14.9 Å². The summed E-state index contributed by atoms with van der Waals surface area (Å²) in [5.74, 6) is 0.0648. The third kappa shape index (κ3) is 3.51. The normalized spacial score (nSPS) is 14.6. The molecule has 3 rings (SSSR count). The van der Waals surface area contributed by atoms with Crippen molar-refractivity contribution >= 4 is 28.6 Å². The highest BCUT2D eigenvalue weighted by Crippen LogP contribution is 2.29. The Morgan fingerprint density at radius 2 is 1.92 bits per heavy atom. The van der Waals surface area contributed by atoms with Gasteiger partial charge in [-0.25, -0.2) is 0 Å². The summed E-state index contributed by atoms with van der Waals surface area (Å²) in [7, 11) is 0. The summed E-state index contributed by atoms with van der Waals surface area (Å²) < 4.78 is 0. The van der Waals surface area contributed by atoms with Gasteiger partial charge in [0.15, 0.2) is 0 Å². The van der Waals surface area contributed by atoms with E-state index in [1.54, 1.807) is 29.5 Å². The van der Waals surface area contributed by atoms with Gasteiger partial charge in [0.05, 0.1) is 9.80 Å². The van der Waals surface area contributed by atoms with Crippen LogP contribution in [0.25, 0.3) is 0 Å². The molecule has 6 nitrogen and oxygen atoms in total. The Labute approximate surface area is 150 Å². The quantitative estimate of drug-likeness (QED) is 0.619. The van der Waals surface area contributed by atoms with E-state index >= 15 is 0 Å². The first-order valence-electron chi connectivity index (χ1n) is 8.38. The van der Waals surface area contributed by atoms with Gasteiger partial charge in [-0.1, -0.05) is 19.1 Å². The van der Waals surface area contributed by atoms with Crippen molar-refractivity contribution in [3.05, 3.63) is 55.8 Å². The molecule has 0 atom stereocenters. The number of piperazine rings is 1. The number of rotatable bonds is 4. The molecular weight excluding hydrogens is 338 g/mol. The highest BCUT2D eigenvalue weighted by Gasteiger charge is 2.26. The number of hydrogen-bond donors (Lipinski definition) is 0. The van der Waals surface area contributed by atoms with E-state index in [1.807, 2.05) is 22.8 Å². The lowest BCUT2D eigenvalue weighted by Crippen LogP contribution is -2.48. The van der Waals surface area contributed by atoms with Gasteiger partial charge in [-0.3, -0.25) is 14.9 Å². The molecule has 1 aromatic carbocycles. The van der Waals surface area contributed by atoms with Crippen LogP contribution in [0.15, 0.2) is 30.3 Å². The maximum Gasteiger partial charge on any atom is 0.292 e. The Bertz CT molecular complexity index is 795. The molecule has 1 aliphatic heterocycles. The van der Waals surface area contributed by atoms with Crippen molar-refractivity contribution in [3.63, 3.8) is 0 Å². The van der Waals surface area contributed by atoms with Crippen LogP contribution in [-0.2, 0) is 6.42 Å². The van der Waals surface area contributed by atoms with Crippen molar-refractivity contribution in [3.8, 4) is 0 Å². The number of carbonyl (C=O) groups excluding carboxylic acids is 1. The number of para-hydroxylation sites is 2. The molecule has 0 radical (unpaired) electrons. The van der Waals surface area contributed by atoms with Gasteiger partial charge in [0.1, 0.15) is 5.69 Å². The lowest BCUT2D eigenvalue weighted by Gasteiger charge is -2.35. The zero-order valence-corrected chi connectivity index (χ0v) is 15.2. The fraction of sp³-hybridized carbons (Fsp3) is 0.389. The Balaban J connectivity index is 1.69. The zero-order chi connectivity index (χ0) is 18.0. The number of carbonyl (C=O) groups is 1. The minimum atomic E-state index is -0.354. The molecule has 0 spiro atoms. The van der Waals surface area contributed by atoms with Crippen LogP contribution in [-0.4, -0.2) is 41.9 Å².